The number of piperidine rings is 1. The second kappa shape index (κ2) is 4.97. The highest BCUT2D eigenvalue weighted by Gasteiger charge is 2.25. The van der Waals surface area contributed by atoms with Gasteiger partial charge in [-0.1, -0.05) is 6.42 Å². The number of rotatable bonds is 2. The maximum Gasteiger partial charge on any atom is 0.222 e. The molecule has 1 amide bonds. The Labute approximate surface area is 91.5 Å². The van der Waals surface area contributed by atoms with Crippen molar-refractivity contribution in [2.75, 3.05) is 13.1 Å². The summed E-state index contributed by atoms with van der Waals surface area (Å²) < 4.78 is 0. The van der Waals surface area contributed by atoms with E-state index in [1.54, 1.807) is 0 Å². The quantitative estimate of drug-likeness (QED) is 0.753. The van der Waals surface area contributed by atoms with Crippen LogP contribution in [-0.2, 0) is 4.79 Å². The molecule has 2 fully saturated rings. The van der Waals surface area contributed by atoms with E-state index in [1.807, 2.05) is 4.90 Å². The average Bonchev–Trinajstić information content (AvgIpc) is 2.22. The zero-order chi connectivity index (χ0) is 10.7. The lowest BCUT2D eigenvalue weighted by molar-refractivity contribution is -0.134. The predicted molar refractivity (Wildman–Crippen MR) is 58.4 cm³/mol. The summed E-state index contributed by atoms with van der Waals surface area (Å²) in [5, 5.41) is 9.57. The molecule has 2 aliphatic rings. The van der Waals surface area contributed by atoms with Crippen LogP contribution in [0.25, 0.3) is 0 Å². The summed E-state index contributed by atoms with van der Waals surface area (Å²) in [7, 11) is 0. The molecule has 0 radical (unpaired) electrons. The first-order valence-corrected chi connectivity index (χ1v) is 6.21. The molecule has 1 heterocycles. The minimum atomic E-state index is -0.122. The van der Waals surface area contributed by atoms with Crippen LogP contribution in [0.3, 0.4) is 0 Å². The Morgan fingerprint density at radius 3 is 2.87 bits per heavy atom. The maximum absolute atomic E-state index is 11.6. The van der Waals surface area contributed by atoms with Crippen molar-refractivity contribution in [3.8, 4) is 0 Å². The van der Waals surface area contributed by atoms with Crippen molar-refractivity contribution in [3.05, 3.63) is 0 Å². The van der Waals surface area contributed by atoms with Crippen LogP contribution >= 0.6 is 0 Å². The summed E-state index contributed by atoms with van der Waals surface area (Å²) >= 11 is 0. The van der Waals surface area contributed by atoms with Crippen molar-refractivity contribution < 1.29 is 9.90 Å². The number of aliphatic hydroxyl groups is 1. The van der Waals surface area contributed by atoms with Gasteiger partial charge in [-0.25, -0.2) is 0 Å². The number of nitrogens with zero attached hydrogens (tertiary/aromatic N) is 1. The Kier molecular flexibility index (Phi) is 3.62. The molecule has 0 spiro atoms. The topological polar surface area (TPSA) is 40.5 Å². The molecule has 0 aromatic carbocycles. The standard InChI is InChI=1S/C12H21NO2/c14-11-5-3-4-10(8-11)9-13-7-2-1-6-12(13)15/h10-11,14H,1-9H2. The third-order valence-electron chi connectivity index (χ3n) is 3.66. The maximum atomic E-state index is 11.6. The first-order chi connectivity index (χ1) is 7.25. The molecule has 15 heavy (non-hydrogen) atoms. The summed E-state index contributed by atoms with van der Waals surface area (Å²) in [5.41, 5.74) is 0. The Hall–Kier alpha value is -0.570. The summed E-state index contributed by atoms with van der Waals surface area (Å²) in [6, 6.07) is 0. The fraction of sp³-hybridized carbons (Fsp3) is 0.917. The van der Waals surface area contributed by atoms with Crippen LogP contribution in [0.5, 0.6) is 0 Å². The monoisotopic (exact) mass is 211 g/mol. The smallest absolute Gasteiger partial charge is 0.222 e. The average molecular weight is 211 g/mol. The largest absolute Gasteiger partial charge is 0.393 e. The first-order valence-electron chi connectivity index (χ1n) is 6.21. The van der Waals surface area contributed by atoms with Gasteiger partial charge in [-0.05, 0) is 38.0 Å². The number of carbonyl (C=O) groups excluding carboxylic acids is 1. The molecule has 1 aliphatic heterocycles. The van der Waals surface area contributed by atoms with E-state index in [0.29, 0.717) is 11.8 Å². The summed E-state index contributed by atoms with van der Waals surface area (Å²) in [5.74, 6) is 0.858. The lowest BCUT2D eigenvalue weighted by Crippen LogP contribution is -2.40. The summed E-state index contributed by atoms with van der Waals surface area (Å²) in [6.45, 7) is 1.82. The first kappa shape index (κ1) is 10.9. The van der Waals surface area contributed by atoms with Gasteiger partial charge in [0.1, 0.15) is 0 Å². The van der Waals surface area contributed by atoms with Gasteiger partial charge < -0.3 is 10.0 Å². The SMILES string of the molecule is O=C1CCCCN1CC1CCCC(O)C1. The van der Waals surface area contributed by atoms with Crippen molar-refractivity contribution in [2.45, 2.75) is 51.0 Å². The van der Waals surface area contributed by atoms with E-state index in [4.69, 9.17) is 0 Å². The Balaban J connectivity index is 1.81. The van der Waals surface area contributed by atoms with Gasteiger partial charge in [-0.2, -0.15) is 0 Å². The van der Waals surface area contributed by atoms with Crippen LogP contribution < -0.4 is 0 Å². The molecule has 1 aliphatic carbocycles. The van der Waals surface area contributed by atoms with Gasteiger partial charge in [0.25, 0.3) is 0 Å². The van der Waals surface area contributed by atoms with Crippen molar-refractivity contribution in [1.29, 1.82) is 0 Å². The fourth-order valence-corrected chi connectivity index (χ4v) is 2.79. The highest BCUT2D eigenvalue weighted by atomic mass is 16.3. The van der Waals surface area contributed by atoms with E-state index in [2.05, 4.69) is 0 Å². The molecule has 1 saturated heterocycles. The highest BCUT2D eigenvalue weighted by molar-refractivity contribution is 5.76. The molecule has 2 rings (SSSR count). The van der Waals surface area contributed by atoms with Gasteiger partial charge in [-0.15, -0.1) is 0 Å². The van der Waals surface area contributed by atoms with E-state index in [-0.39, 0.29) is 6.10 Å². The zero-order valence-electron chi connectivity index (χ0n) is 9.32. The van der Waals surface area contributed by atoms with Gasteiger partial charge in [0.15, 0.2) is 0 Å². The molecule has 1 saturated carbocycles. The highest BCUT2D eigenvalue weighted by Crippen LogP contribution is 2.26. The van der Waals surface area contributed by atoms with Crippen molar-refractivity contribution in [1.82, 2.24) is 4.90 Å². The third kappa shape index (κ3) is 2.94. The number of hydrogen-bond donors (Lipinski definition) is 1. The molecular formula is C12H21NO2. The summed E-state index contributed by atoms with van der Waals surface area (Å²) in [4.78, 5) is 13.6. The van der Waals surface area contributed by atoms with Crippen molar-refractivity contribution in [2.24, 2.45) is 5.92 Å². The lowest BCUT2D eigenvalue weighted by atomic mass is 9.86. The van der Waals surface area contributed by atoms with Gasteiger partial charge >= 0.3 is 0 Å². The van der Waals surface area contributed by atoms with Gasteiger partial charge in [-0.3, -0.25) is 4.79 Å². The number of likely N-dealkylation sites (tertiary alicyclic amines) is 1. The van der Waals surface area contributed by atoms with Crippen molar-refractivity contribution >= 4 is 5.91 Å². The number of hydrogen-bond acceptors (Lipinski definition) is 2. The van der Waals surface area contributed by atoms with E-state index in [0.717, 1.165) is 51.6 Å². The summed E-state index contributed by atoms with van der Waals surface area (Å²) in [6.07, 6.45) is 6.96. The number of carbonyl (C=O) groups is 1. The van der Waals surface area contributed by atoms with Crippen LogP contribution in [0, 0.1) is 5.92 Å². The third-order valence-corrected chi connectivity index (χ3v) is 3.66. The molecule has 2 unspecified atom stereocenters. The zero-order valence-corrected chi connectivity index (χ0v) is 9.32. The van der Waals surface area contributed by atoms with Crippen LogP contribution in [0.15, 0.2) is 0 Å². The van der Waals surface area contributed by atoms with Crippen LogP contribution in [-0.4, -0.2) is 35.1 Å². The second-order valence-corrected chi connectivity index (χ2v) is 4.98. The minimum Gasteiger partial charge on any atom is -0.393 e. The van der Waals surface area contributed by atoms with Crippen LogP contribution in [0.1, 0.15) is 44.9 Å². The predicted octanol–water partition coefficient (Wildman–Crippen LogP) is 1.55. The second-order valence-electron chi connectivity index (χ2n) is 4.98. The molecule has 0 aromatic heterocycles. The molecule has 86 valence electrons. The molecule has 1 N–H and O–H groups in total. The number of amides is 1. The van der Waals surface area contributed by atoms with Crippen LogP contribution in [0.2, 0.25) is 0 Å². The molecule has 3 heteroatoms. The Bertz CT molecular complexity index is 230. The van der Waals surface area contributed by atoms with E-state index >= 15 is 0 Å². The van der Waals surface area contributed by atoms with Gasteiger partial charge in [0, 0.05) is 19.5 Å². The fourth-order valence-electron chi connectivity index (χ4n) is 2.79. The van der Waals surface area contributed by atoms with E-state index < -0.39 is 0 Å². The van der Waals surface area contributed by atoms with Gasteiger partial charge in [0.05, 0.1) is 6.10 Å². The Morgan fingerprint density at radius 2 is 2.13 bits per heavy atom. The van der Waals surface area contributed by atoms with E-state index in [9.17, 15) is 9.90 Å². The van der Waals surface area contributed by atoms with Gasteiger partial charge in [0.2, 0.25) is 5.91 Å². The van der Waals surface area contributed by atoms with Crippen molar-refractivity contribution in [3.63, 3.8) is 0 Å². The molecular weight excluding hydrogens is 190 g/mol. The molecule has 2 atom stereocenters. The normalized spacial score (nSPS) is 33.1. The lowest BCUT2D eigenvalue weighted by Gasteiger charge is -2.33. The molecule has 3 nitrogen and oxygen atoms in total. The Morgan fingerprint density at radius 1 is 1.27 bits per heavy atom. The number of aliphatic hydroxyl groups excluding tert-OH is 1. The van der Waals surface area contributed by atoms with Crippen LogP contribution in [0.4, 0.5) is 0 Å². The minimum absolute atomic E-state index is 0.122. The molecule has 0 bridgehead atoms. The van der Waals surface area contributed by atoms with E-state index in [1.165, 1.54) is 6.42 Å². The molecule has 0 aromatic rings.